The summed E-state index contributed by atoms with van der Waals surface area (Å²) in [6, 6.07) is 0. The third-order valence-corrected chi connectivity index (χ3v) is 1.61. The Bertz CT molecular complexity index is 124. The van der Waals surface area contributed by atoms with Crippen molar-refractivity contribution >= 4 is 0 Å². The van der Waals surface area contributed by atoms with Crippen LogP contribution in [0.5, 0.6) is 0 Å². The van der Waals surface area contributed by atoms with Crippen LogP contribution in [0.2, 0.25) is 0 Å². The van der Waals surface area contributed by atoms with E-state index in [0.717, 1.165) is 0 Å². The lowest BCUT2D eigenvalue weighted by molar-refractivity contribution is -0.103. The summed E-state index contributed by atoms with van der Waals surface area (Å²) in [6.07, 6.45) is 0.517. The number of rotatable bonds is 1. The summed E-state index contributed by atoms with van der Waals surface area (Å²) in [5, 5.41) is 18.2. The predicted octanol–water partition coefficient (Wildman–Crippen LogP) is -0.317. The fourth-order valence-electron chi connectivity index (χ4n) is 1.04. The minimum atomic E-state index is -0.596. The zero-order valence-corrected chi connectivity index (χ0v) is 5.73. The van der Waals surface area contributed by atoms with Crippen LogP contribution in [-0.2, 0) is 4.74 Å². The predicted molar refractivity (Wildman–Crippen MR) is 36.6 cm³/mol. The van der Waals surface area contributed by atoms with Gasteiger partial charge in [-0.05, 0) is 0 Å². The number of aliphatic hydroxyl groups is 2. The van der Waals surface area contributed by atoms with E-state index in [1.807, 2.05) is 0 Å². The highest BCUT2D eigenvalue weighted by atomic mass is 16.5. The van der Waals surface area contributed by atoms with Crippen molar-refractivity contribution in [3.8, 4) is 0 Å². The van der Waals surface area contributed by atoms with Crippen molar-refractivity contribution in [3.63, 3.8) is 0 Å². The molecular formula is C7H12O3. The molecule has 0 saturated carbocycles. The molecule has 58 valence electrons. The molecule has 3 nitrogen and oxygen atoms in total. The first kappa shape index (κ1) is 7.72. The molecule has 0 aromatic carbocycles. The second-order valence-corrected chi connectivity index (χ2v) is 2.49. The molecule has 3 heteroatoms. The van der Waals surface area contributed by atoms with Crippen molar-refractivity contribution < 1.29 is 14.9 Å². The van der Waals surface area contributed by atoms with Crippen molar-refractivity contribution in [2.24, 2.45) is 0 Å². The van der Waals surface area contributed by atoms with E-state index >= 15 is 0 Å². The van der Waals surface area contributed by atoms with Crippen molar-refractivity contribution in [2.45, 2.75) is 24.7 Å². The van der Waals surface area contributed by atoms with E-state index in [1.165, 1.54) is 0 Å². The lowest BCUT2D eigenvalue weighted by Gasteiger charge is -2.28. The second-order valence-electron chi connectivity index (χ2n) is 2.49. The summed E-state index contributed by atoms with van der Waals surface area (Å²) in [6.45, 7) is 3.79. The van der Waals surface area contributed by atoms with Crippen molar-refractivity contribution in [2.75, 3.05) is 6.61 Å². The molecule has 0 spiro atoms. The van der Waals surface area contributed by atoms with Gasteiger partial charge in [0.05, 0.1) is 18.8 Å². The van der Waals surface area contributed by atoms with E-state index in [-0.39, 0.29) is 6.10 Å². The second kappa shape index (κ2) is 3.14. The average Bonchev–Trinajstić information content (AvgIpc) is 1.88. The van der Waals surface area contributed by atoms with Crippen LogP contribution in [0.15, 0.2) is 12.7 Å². The third-order valence-electron chi connectivity index (χ3n) is 1.61. The molecule has 1 aliphatic heterocycles. The molecular weight excluding hydrogens is 132 g/mol. The van der Waals surface area contributed by atoms with Gasteiger partial charge in [-0.3, -0.25) is 0 Å². The van der Waals surface area contributed by atoms with Crippen LogP contribution in [0.3, 0.4) is 0 Å². The van der Waals surface area contributed by atoms with E-state index in [2.05, 4.69) is 6.58 Å². The maximum Gasteiger partial charge on any atom is 0.101 e. The number of ether oxygens (including phenoxy) is 1. The first-order valence-corrected chi connectivity index (χ1v) is 3.34. The highest BCUT2D eigenvalue weighted by Crippen LogP contribution is 2.14. The smallest absolute Gasteiger partial charge is 0.101 e. The normalized spacial score (nSPS) is 41.2. The Labute approximate surface area is 59.9 Å². The van der Waals surface area contributed by atoms with Gasteiger partial charge in [-0.15, -0.1) is 6.58 Å². The van der Waals surface area contributed by atoms with E-state index in [0.29, 0.717) is 13.0 Å². The Balaban J connectivity index is 2.43. The molecule has 0 aromatic rings. The molecule has 2 N–H and O–H groups in total. The van der Waals surface area contributed by atoms with Crippen LogP contribution in [-0.4, -0.2) is 35.1 Å². The molecule has 10 heavy (non-hydrogen) atoms. The van der Waals surface area contributed by atoms with Gasteiger partial charge in [0.15, 0.2) is 0 Å². The Kier molecular flexibility index (Phi) is 2.43. The van der Waals surface area contributed by atoms with E-state index in [9.17, 15) is 5.11 Å². The monoisotopic (exact) mass is 144 g/mol. The van der Waals surface area contributed by atoms with Crippen molar-refractivity contribution in [3.05, 3.63) is 12.7 Å². The van der Waals surface area contributed by atoms with Crippen LogP contribution in [0.4, 0.5) is 0 Å². The van der Waals surface area contributed by atoms with E-state index in [1.54, 1.807) is 6.08 Å². The first-order chi connectivity index (χ1) is 4.74. The molecule has 1 aliphatic rings. The lowest BCUT2D eigenvalue weighted by atomic mass is 10.0. The molecule has 0 amide bonds. The fourth-order valence-corrected chi connectivity index (χ4v) is 1.04. The van der Waals surface area contributed by atoms with Gasteiger partial charge in [0, 0.05) is 6.42 Å². The van der Waals surface area contributed by atoms with Gasteiger partial charge in [-0.2, -0.15) is 0 Å². The molecule has 1 saturated heterocycles. The van der Waals surface area contributed by atoms with Gasteiger partial charge >= 0.3 is 0 Å². The van der Waals surface area contributed by atoms with Crippen LogP contribution in [0.1, 0.15) is 6.42 Å². The highest BCUT2D eigenvalue weighted by Gasteiger charge is 2.26. The van der Waals surface area contributed by atoms with Gasteiger partial charge in [-0.1, -0.05) is 6.08 Å². The highest BCUT2D eigenvalue weighted by molar-refractivity contribution is 4.90. The molecule has 3 atom stereocenters. The summed E-state index contributed by atoms with van der Waals surface area (Å²) in [7, 11) is 0. The van der Waals surface area contributed by atoms with E-state index in [4.69, 9.17) is 9.84 Å². The molecule has 0 aromatic heterocycles. The molecule has 1 rings (SSSR count). The third kappa shape index (κ3) is 1.56. The zero-order chi connectivity index (χ0) is 7.56. The summed E-state index contributed by atoms with van der Waals surface area (Å²) in [4.78, 5) is 0. The Hall–Kier alpha value is -0.380. The molecule has 1 fully saturated rings. The number of hydrogen-bond acceptors (Lipinski definition) is 3. The molecule has 1 heterocycles. The fraction of sp³-hybridized carbons (Fsp3) is 0.714. The summed E-state index contributed by atoms with van der Waals surface area (Å²) in [5.74, 6) is 0. The van der Waals surface area contributed by atoms with Crippen molar-refractivity contribution in [1.82, 2.24) is 0 Å². The summed E-state index contributed by atoms with van der Waals surface area (Å²) in [5.41, 5.74) is 0. The average molecular weight is 144 g/mol. The van der Waals surface area contributed by atoms with Gasteiger partial charge in [0.25, 0.3) is 0 Å². The van der Waals surface area contributed by atoms with Gasteiger partial charge in [-0.25, -0.2) is 0 Å². The van der Waals surface area contributed by atoms with Crippen LogP contribution in [0, 0.1) is 0 Å². The molecule has 0 unspecified atom stereocenters. The maximum atomic E-state index is 9.18. The zero-order valence-electron chi connectivity index (χ0n) is 5.73. The van der Waals surface area contributed by atoms with Gasteiger partial charge in [0.2, 0.25) is 0 Å². The maximum absolute atomic E-state index is 9.18. The summed E-state index contributed by atoms with van der Waals surface area (Å²) >= 11 is 0. The van der Waals surface area contributed by atoms with Gasteiger partial charge < -0.3 is 14.9 Å². The first-order valence-electron chi connectivity index (χ1n) is 3.34. The SMILES string of the molecule is C=C[C@H]1OC[C@@H](O)C[C@@H]1O. The Morgan fingerprint density at radius 2 is 2.20 bits per heavy atom. The largest absolute Gasteiger partial charge is 0.391 e. The van der Waals surface area contributed by atoms with Crippen molar-refractivity contribution in [1.29, 1.82) is 0 Å². The standard InChI is InChI=1S/C7H12O3/c1-2-7-6(9)3-5(8)4-10-7/h2,5-9H,1,3-4H2/t5-,6-,7+/m0/s1. The number of aliphatic hydroxyl groups excluding tert-OH is 2. The Morgan fingerprint density at radius 3 is 2.70 bits per heavy atom. The van der Waals surface area contributed by atoms with Crippen LogP contribution in [0.25, 0.3) is 0 Å². The van der Waals surface area contributed by atoms with E-state index < -0.39 is 12.2 Å². The molecule has 0 radical (unpaired) electrons. The minimum absolute atomic E-state index is 0.299. The van der Waals surface area contributed by atoms with Crippen LogP contribution < -0.4 is 0 Å². The minimum Gasteiger partial charge on any atom is -0.391 e. The topological polar surface area (TPSA) is 49.7 Å². The molecule has 0 aliphatic carbocycles. The quantitative estimate of drug-likeness (QED) is 0.496. The van der Waals surface area contributed by atoms with Crippen LogP contribution >= 0.6 is 0 Å². The summed E-state index contributed by atoms with van der Waals surface area (Å²) < 4.78 is 5.03. The molecule has 0 bridgehead atoms. The number of hydrogen-bond donors (Lipinski definition) is 2. The Morgan fingerprint density at radius 1 is 1.50 bits per heavy atom. The van der Waals surface area contributed by atoms with Gasteiger partial charge in [0.1, 0.15) is 6.10 Å². The lowest BCUT2D eigenvalue weighted by Crippen LogP contribution is -2.39.